The summed E-state index contributed by atoms with van der Waals surface area (Å²) in [6.45, 7) is 4.13. The summed E-state index contributed by atoms with van der Waals surface area (Å²) >= 11 is 7.03. The molecular formula is C4H10IOPS2. The van der Waals surface area contributed by atoms with Crippen LogP contribution >= 0.6 is 25.6 Å². The molecule has 0 saturated heterocycles. The average molecular weight is 296 g/mol. The Balaban J connectivity index is 3.50. The molecule has 9 heavy (non-hydrogen) atoms. The second-order valence-corrected chi connectivity index (χ2v) is 15.9. The molecule has 2 unspecified atom stereocenters. The van der Waals surface area contributed by atoms with Crippen LogP contribution in [-0.4, -0.2) is 10.3 Å². The van der Waals surface area contributed by atoms with E-state index < -0.39 is 14.3 Å². The highest BCUT2D eigenvalue weighted by atomic mass is 127. The van der Waals surface area contributed by atoms with E-state index in [1.54, 1.807) is 0 Å². The molecule has 0 aliphatic heterocycles. The summed E-state index contributed by atoms with van der Waals surface area (Å²) in [5.74, 6) is 1.30. The fourth-order valence-corrected chi connectivity index (χ4v) is 4.73. The van der Waals surface area contributed by atoms with E-state index in [9.17, 15) is 4.55 Å². The monoisotopic (exact) mass is 296 g/mol. The largest absolute Gasteiger partial charge is 0.614 e. The van der Waals surface area contributed by atoms with Gasteiger partial charge in [-0.3, -0.25) is 0 Å². The van der Waals surface area contributed by atoms with E-state index in [0.717, 1.165) is 5.75 Å². The number of rotatable bonds is 3. The maximum absolute atomic E-state index is 11.0. The zero-order chi connectivity index (χ0) is 7.44. The van der Waals surface area contributed by atoms with Crippen molar-refractivity contribution in [3.05, 3.63) is 0 Å². The minimum atomic E-state index is -0.982. The quantitative estimate of drug-likeness (QED) is 0.453. The third kappa shape index (κ3) is 6.10. The highest BCUT2D eigenvalue weighted by Crippen LogP contribution is 2.40. The Morgan fingerprint density at radius 1 is 1.78 bits per heavy atom. The lowest BCUT2D eigenvalue weighted by molar-refractivity contribution is 0.596. The van der Waals surface area contributed by atoms with Crippen LogP contribution in [0.1, 0.15) is 13.8 Å². The fourth-order valence-electron chi connectivity index (χ4n) is 0.368. The fraction of sp³-hybridized carbons (Fsp3) is 1.00. The highest BCUT2D eigenvalue weighted by Gasteiger charge is 2.09. The molecule has 0 aromatic heterocycles. The molecule has 0 fully saturated rings. The Morgan fingerprint density at radius 2 is 2.22 bits per heavy atom. The van der Waals surface area contributed by atoms with Crippen molar-refractivity contribution in [2.24, 2.45) is 5.92 Å². The van der Waals surface area contributed by atoms with Gasteiger partial charge in [0.05, 0.1) is 0 Å². The van der Waals surface area contributed by atoms with E-state index in [1.807, 2.05) is 0 Å². The molecule has 1 nitrogen and oxygen atoms in total. The van der Waals surface area contributed by atoms with Crippen LogP contribution in [0, 0.1) is 5.92 Å². The molecule has 0 aliphatic carbocycles. The number of halogens is 1. The molecule has 0 radical (unpaired) electrons. The van der Waals surface area contributed by atoms with Gasteiger partial charge in [-0.2, -0.15) is 0 Å². The van der Waals surface area contributed by atoms with Crippen LogP contribution in [0.5, 0.6) is 0 Å². The van der Waals surface area contributed by atoms with Crippen LogP contribution in [0.4, 0.5) is 0 Å². The Morgan fingerprint density at radius 3 is 2.33 bits per heavy atom. The van der Waals surface area contributed by atoms with Gasteiger partial charge < -0.3 is 4.55 Å². The molecule has 0 aliphatic rings. The first-order valence-corrected chi connectivity index (χ1v) is 10.4. The maximum Gasteiger partial charge on any atom is 0.182 e. The second kappa shape index (κ2) is 5.35. The highest BCUT2D eigenvalue weighted by molar-refractivity contribution is 14.2. The summed E-state index contributed by atoms with van der Waals surface area (Å²) in [7, 11) is -0.699. The van der Waals surface area contributed by atoms with Gasteiger partial charge in [0.15, 0.2) is 3.54 Å². The molecule has 0 heterocycles. The lowest BCUT2D eigenvalue weighted by Crippen LogP contribution is -2.05. The predicted octanol–water partition coefficient (Wildman–Crippen LogP) is 2.33. The van der Waals surface area contributed by atoms with E-state index in [0.29, 0.717) is 5.92 Å². The first kappa shape index (κ1) is 10.7. The van der Waals surface area contributed by atoms with E-state index >= 15 is 0 Å². The van der Waals surface area contributed by atoms with Gasteiger partial charge in [-0.25, -0.2) is 0 Å². The number of hydrogen-bond acceptors (Lipinski definition) is 2. The average Bonchev–Trinajstić information content (AvgIpc) is 1.63. The van der Waals surface area contributed by atoms with Crippen LogP contribution in [0.25, 0.3) is 0 Å². The maximum atomic E-state index is 11.0. The molecule has 56 valence electrons. The Labute approximate surface area is 77.8 Å². The lowest BCUT2D eigenvalue weighted by atomic mass is 10.3. The summed E-state index contributed by atoms with van der Waals surface area (Å²) in [5, 5.41) is 0. The molecule has 2 atom stereocenters. The summed E-state index contributed by atoms with van der Waals surface area (Å²) in [6, 6.07) is 0. The van der Waals surface area contributed by atoms with Crippen molar-refractivity contribution < 1.29 is 4.55 Å². The minimum Gasteiger partial charge on any atom is -0.614 e. The van der Waals surface area contributed by atoms with Gasteiger partial charge in [-0.1, -0.05) is 13.8 Å². The summed E-state index contributed by atoms with van der Waals surface area (Å²) in [6.07, 6.45) is 0. The zero-order valence-electron chi connectivity index (χ0n) is 5.39. The molecule has 0 bridgehead atoms. The van der Waals surface area contributed by atoms with Gasteiger partial charge in [-0.15, -0.1) is 0 Å². The molecular weight excluding hydrogens is 286 g/mol. The van der Waals surface area contributed by atoms with E-state index in [4.69, 9.17) is 11.8 Å². The zero-order valence-corrected chi connectivity index (χ0v) is 10.2. The Bertz CT molecular complexity index is 109. The summed E-state index contributed by atoms with van der Waals surface area (Å²) in [4.78, 5) is 0. The third-order valence-corrected chi connectivity index (χ3v) is 9.66. The van der Waals surface area contributed by atoms with Crippen molar-refractivity contribution in [2.45, 2.75) is 13.8 Å². The van der Waals surface area contributed by atoms with Crippen molar-refractivity contribution in [1.82, 2.24) is 0 Å². The molecule has 5 heteroatoms. The van der Waals surface area contributed by atoms with Gasteiger partial charge in [-0.05, 0) is 28.5 Å². The molecule has 0 rings (SSSR count). The van der Waals surface area contributed by atoms with E-state index in [2.05, 4.69) is 35.9 Å². The van der Waals surface area contributed by atoms with Gasteiger partial charge >= 0.3 is 0 Å². The summed E-state index contributed by atoms with van der Waals surface area (Å²) < 4.78 is 10.0. The molecule has 0 saturated carbocycles. The van der Waals surface area contributed by atoms with Crippen molar-refractivity contribution in [1.29, 1.82) is 0 Å². The van der Waals surface area contributed by atoms with Crippen molar-refractivity contribution in [2.75, 3.05) is 5.75 Å². The molecule has 0 aromatic carbocycles. The molecule has 0 amide bonds. The van der Waals surface area contributed by atoms with E-state index in [1.165, 1.54) is 0 Å². The SMILES string of the molecule is CC(C)C[S+]([O-])[PH](=S)I. The van der Waals surface area contributed by atoms with Crippen LogP contribution in [0.2, 0.25) is 0 Å². The van der Waals surface area contributed by atoms with E-state index in [-0.39, 0.29) is 0 Å². The Kier molecular flexibility index (Phi) is 6.36. The predicted molar refractivity (Wildman–Crippen MR) is 57.5 cm³/mol. The van der Waals surface area contributed by atoms with Crippen molar-refractivity contribution >= 4 is 48.2 Å². The van der Waals surface area contributed by atoms with Crippen LogP contribution < -0.4 is 0 Å². The van der Waals surface area contributed by atoms with Crippen LogP contribution in [-0.2, 0) is 22.6 Å². The smallest absolute Gasteiger partial charge is 0.182 e. The topological polar surface area (TPSA) is 23.1 Å². The van der Waals surface area contributed by atoms with Gasteiger partial charge in [0.2, 0.25) is 0 Å². The first-order chi connectivity index (χ1) is 4.04. The van der Waals surface area contributed by atoms with Crippen LogP contribution in [0.15, 0.2) is 0 Å². The lowest BCUT2D eigenvalue weighted by Gasteiger charge is -2.10. The van der Waals surface area contributed by atoms with Gasteiger partial charge in [0.1, 0.15) is 5.75 Å². The first-order valence-electron chi connectivity index (χ1n) is 2.62. The standard InChI is InChI=1S/C4H10IOPS2/c1-4(2)3-9(6)7(5)8/h4,7H,3H2,1-2H3. The number of hydrogen-bond donors (Lipinski definition) is 0. The van der Waals surface area contributed by atoms with Crippen LogP contribution in [0.3, 0.4) is 0 Å². The van der Waals surface area contributed by atoms with Gasteiger partial charge in [0, 0.05) is 22.0 Å². The molecule has 0 N–H and O–H groups in total. The molecule has 0 aromatic rings. The third-order valence-electron chi connectivity index (χ3n) is 0.664. The van der Waals surface area contributed by atoms with Crippen molar-refractivity contribution in [3.63, 3.8) is 0 Å². The summed E-state index contributed by atoms with van der Waals surface area (Å²) in [5.41, 5.74) is 0. The minimum absolute atomic E-state index is 0.517. The van der Waals surface area contributed by atoms with Gasteiger partial charge in [0.25, 0.3) is 0 Å². The second-order valence-electron chi connectivity index (χ2n) is 2.14. The van der Waals surface area contributed by atoms with Crippen molar-refractivity contribution in [3.8, 4) is 0 Å². The normalized spacial score (nSPS) is 17.9. The molecule has 0 spiro atoms. The Hall–Kier alpha value is 1.69.